The van der Waals surface area contributed by atoms with Crippen molar-refractivity contribution in [2.24, 2.45) is 0 Å². The predicted molar refractivity (Wildman–Crippen MR) is 76.6 cm³/mol. The minimum atomic E-state index is -0.863. The van der Waals surface area contributed by atoms with Crippen LogP contribution in [0.3, 0.4) is 0 Å². The zero-order valence-corrected chi connectivity index (χ0v) is 13.0. The molecule has 1 amide bonds. The maximum Gasteiger partial charge on any atom is 0.257 e. The topological polar surface area (TPSA) is 32.3 Å². The Balaban J connectivity index is 1.98. The summed E-state index contributed by atoms with van der Waals surface area (Å²) >= 11 is 2.98. The predicted octanol–water partition coefficient (Wildman–Crippen LogP) is 2.94. The zero-order chi connectivity index (χ0) is 14.9. The Morgan fingerprint density at radius 3 is 2.50 bits per heavy atom. The molecule has 1 aromatic rings. The molecule has 0 spiro atoms. The summed E-state index contributed by atoms with van der Waals surface area (Å²) in [5.74, 6) is -2.45. The lowest BCUT2D eigenvalue weighted by Gasteiger charge is -2.24. The Hall–Kier alpha value is -1.01. The highest BCUT2D eigenvalue weighted by molar-refractivity contribution is 9.10. The Kier molecular flexibility index (Phi) is 4.75. The molecule has 1 unspecified atom stereocenters. The molecule has 2 rings (SSSR count). The molecule has 1 aromatic carbocycles. The summed E-state index contributed by atoms with van der Waals surface area (Å²) in [4.78, 5) is 14.1. The van der Waals surface area contributed by atoms with Gasteiger partial charge in [0, 0.05) is 23.1 Å². The molecule has 0 saturated heterocycles. The Morgan fingerprint density at radius 1 is 1.45 bits per heavy atom. The summed E-state index contributed by atoms with van der Waals surface area (Å²) in [5.41, 5.74) is -0.533. The van der Waals surface area contributed by atoms with Gasteiger partial charge in [-0.1, -0.05) is 15.9 Å². The van der Waals surface area contributed by atoms with Crippen molar-refractivity contribution in [3.8, 4) is 0 Å². The first kappa shape index (κ1) is 15.4. The van der Waals surface area contributed by atoms with Gasteiger partial charge in [-0.2, -0.15) is 0 Å². The maximum absolute atomic E-state index is 13.6. The van der Waals surface area contributed by atoms with E-state index in [4.69, 9.17) is 0 Å². The van der Waals surface area contributed by atoms with Crippen LogP contribution in [0.4, 0.5) is 8.78 Å². The summed E-state index contributed by atoms with van der Waals surface area (Å²) in [6.07, 6.45) is 2.34. The van der Waals surface area contributed by atoms with Crippen molar-refractivity contribution in [1.29, 1.82) is 0 Å². The standard InChI is InChI=1S/C14H17BrF2N2O/c1-8(19(2)10-3-4-10)7-18-14(20)13-11(16)5-9(15)6-12(13)17/h5-6,8,10H,3-4,7H2,1-2H3,(H,18,20). The molecule has 6 heteroatoms. The van der Waals surface area contributed by atoms with Gasteiger partial charge in [0.2, 0.25) is 0 Å². The van der Waals surface area contributed by atoms with E-state index in [1.165, 1.54) is 12.8 Å². The van der Waals surface area contributed by atoms with Gasteiger partial charge in [-0.25, -0.2) is 8.78 Å². The normalized spacial score (nSPS) is 16.3. The lowest BCUT2D eigenvalue weighted by Crippen LogP contribution is -2.41. The molecule has 0 bridgehead atoms. The quantitative estimate of drug-likeness (QED) is 0.888. The van der Waals surface area contributed by atoms with E-state index >= 15 is 0 Å². The molecule has 0 aromatic heterocycles. The van der Waals surface area contributed by atoms with Crippen LogP contribution in [0.5, 0.6) is 0 Å². The first-order valence-corrected chi connectivity index (χ1v) is 7.34. The summed E-state index contributed by atoms with van der Waals surface area (Å²) in [5, 5.41) is 2.59. The number of nitrogens with zero attached hydrogens (tertiary/aromatic N) is 1. The Bertz CT molecular complexity index is 497. The van der Waals surface area contributed by atoms with Crippen LogP contribution in [0.25, 0.3) is 0 Å². The van der Waals surface area contributed by atoms with Crippen LogP contribution in [0.15, 0.2) is 16.6 Å². The van der Waals surface area contributed by atoms with E-state index in [0.717, 1.165) is 12.1 Å². The number of benzene rings is 1. The highest BCUT2D eigenvalue weighted by atomic mass is 79.9. The van der Waals surface area contributed by atoms with E-state index in [1.807, 2.05) is 14.0 Å². The van der Waals surface area contributed by atoms with Gasteiger partial charge < -0.3 is 5.32 Å². The number of carbonyl (C=O) groups excluding carboxylic acids is 1. The third-order valence-electron chi connectivity index (χ3n) is 3.61. The van der Waals surface area contributed by atoms with Crippen LogP contribution in [0.2, 0.25) is 0 Å². The largest absolute Gasteiger partial charge is 0.350 e. The number of amides is 1. The van der Waals surface area contributed by atoms with Gasteiger partial charge in [0.15, 0.2) is 0 Å². The lowest BCUT2D eigenvalue weighted by molar-refractivity contribution is 0.0931. The molecule has 0 radical (unpaired) electrons. The average Bonchev–Trinajstić information content (AvgIpc) is 3.17. The fourth-order valence-corrected chi connectivity index (χ4v) is 2.48. The van der Waals surface area contributed by atoms with Crippen LogP contribution >= 0.6 is 15.9 Å². The summed E-state index contributed by atoms with van der Waals surface area (Å²) in [7, 11) is 2.00. The van der Waals surface area contributed by atoms with Crippen LogP contribution in [0, 0.1) is 11.6 Å². The molecule has 0 aliphatic heterocycles. The Labute approximate surface area is 125 Å². The third-order valence-corrected chi connectivity index (χ3v) is 4.07. The van der Waals surface area contributed by atoms with Gasteiger partial charge in [-0.15, -0.1) is 0 Å². The lowest BCUT2D eigenvalue weighted by atomic mass is 10.1. The smallest absolute Gasteiger partial charge is 0.257 e. The summed E-state index contributed by atoms with van der Waals surface area (Å²) < 4.78 is 27.6. The minimum absolute atomic E-state index is 0.132. The second-order valence-corrected chi connectivity index (χ2v) is 6.12. The highest BCUT2D eigenvalue weighted by Gasteiger charge is 2.29. The zero-order valence-electron chi connectivity index (χ0n) is 11.4. The summed E-state index contributed by atoms with van der Waals surface area (Å²) in [6.45, 7) is 2.34. The van der Waals surface area contributed by atoms with Gasteiger partial charge >= 0.3 is 0 Å². The monoisotopic (exact) mass is 346 g/mol. The van der Waals surface area contributed by atoms with E-state index in [-0.39, 0.29) is 10.5 Å². The van der Waals surface area contributed by atoms with E-state index in [9.17, 15) is 13.6 Å². The van der Waals surface area contributed by atoms with E-state index in [1.54, 1.807) is 0 Å². The fraction of sp³-hybridized carbons (Fsp3) is 0.500. The average molecular weight is 347 g/mol. The van der Waals surface area contributed by atoms with E-state index < -0.39 is 23.1 Å². The molecule has 1 aliphatic rings. The molecule has 110 valence electrons. The molecular weight excluding hydrogens is 330 g/mol. The van der Waals surface area contributed by atoms with Crippen molar-refractivity contribution in [2.45, 2.75) is 31.8 Å². The highest BCUT2D eigenvalue weighted by Crippen LogP contribution is 2.26. The van der Waals surface area contributed by atoms with Crippen molar-refractivity contribution in [2.75, 3.05) is 13.6 Å². The van der Waals surface area contributed by atoms with Crippen molar-refractivity contribution in [3.05, 3.63) is 33.8 Å². The Morgan fingerprint density at radius 2 is 2.00 bits per heavy atom. The molecule has 1 atom stereocenters. The second kappa shape index (κ2) is 6.18. The number of halogens is 3. The van der Waals surface area contributed by atoms with Crippen LogP contribution < -0.4 is 5.32 Å². The molecule has 1 N–H and O–H groups in total. The van der Waals surface area contributed by atoms with Crippen molar-refractivity contribution in [3.63, 3.8) is 0 Å². The molecule has 20 heavy (non-hydrogen) atoms. The van der Waals surface area contributed by atoms with E-state index in [2.05, 4.69) is 26.1 Å². The second-order valence-electron chi connectivity index (χ2n) is 5.20. The SMILES string of the molecule is CC(CNC(=O)c1c(F)cc(Br)cc1F)N(C)C1CC1. The van der Waals surface area contributed by atoms with Crippen LogP contribution in [0.1, 0.15) is 30.1 Å². The van der Waals surface area contributed by atoms with Crippen LogP contribution in [-0.2, 0) is 0 Å². The number of rotatable bonds is 5. The van der Waals surface area contributed by atoms with E-state index in [0.29, 0.717) is 12.6 Å². The van der Waals surface area contributed by atoms with Gasteiger partial charge in [0.05, 0.1) is 0 Å². The molecule has 1 aliphatic carbocycles. The molecule has 0 heterocycles. The van der Waals surface area contributed by atoms with Gasteiger partial charge in [-0.3, -0.25) is 9.69 Å². The third kappa shape index (κ3) is 3.55. The van der Waals surface area contributed by atoms with Gasteiger partial charge in [0.25, 0.3) is 5.91 Å². The first-order chi connectivity index (χ1) is 9.40. The molecule has 3 nitrogen and oxygen atoms in total. The van der Waals surface area contributed by atoms with Gasteiger partial charge in [0.1, 0.15) is 17.2 Å². The van der Waals surface area contributed by atoms with Crippen molar-refractivity contribution < 1.29 is 13.6 Å². The number of hydrogen-bond donors (Lipinski definition) is 1. The maximum atomic E-state index is 13.6. The van der Waals surface area contributed by atoms with Gasteiger partial charge in [-0.05, 0) is 38.9 Å². The number of likely N-dealkylation sites (N-methyl/N-ethyl adjacent to an activating group) is 1. The van der Waals surface area contributed by atoms with Crippen molar-refractivity contribution >= 4 is 21.8 Å². The number of nitrogens with one attached hydrogen (secondary N) is 1. The number of hydrogen-bond acceptors (Lipinski definition) is 2. The molecule has 1 fully saturated rings. The molecule has 1 saturated carbocycles. The van der Waals surface area contributed by atoms with Crippen LogP contribution in [-0.4, -0.2) is 36.5 Å². The first-order valence-electron chi connectivity index (χ1n) is 6.55. The number of carbonyl (C=O) groups is 1. The fourth-order valence-electron chi connectivity index (χ4n) is 2.07. The minimum Gasteiger partial charge on any atom is -0.350 e. The van der Waals surface area contributed by atoms with Crippen molar-refractivity contribution in [1.82, 2.24) is 10.2 Å². The summed E-state index contributed by atoms with van der Waals surface area (Å²) in [6, 6.07) is 2.87. The molecular formula is C14H17BrF2N2O.